The smallest absolute Gasteiger partial charge is 0.315 e. The van der Waals surface area contributed by atoms with Gasteiger partial charge in [0.25, 0.3) is 5.56 Å². The third kappa shape index (κ3) is 4.06. The largest absolute Gasteiger partial charge is 0.417 e. The number of alkyl halides is 3. The van der Waals surface area contributed by atoms with Crippen molar-refractivity contribution < 1.29 is 18.0 Å². The van der Waals surface area contributed by atoms with Gasteiger partial charge in [-0.25, -0.2) is 0 Å². The van der Waals surface area contributed by atoms with E-state index in [9.17, 15) is 28.0 Å². The molecule has 0 unspecified atom stereocenters. The lowest BCUT2D eigenvalue weighted by Gasteiger charge is -2.17. The Morgan fingerprint density at radius 3 is 2.85 bits per heavy atom. The van der Waals surface area contributed by atoms with Gasteiger partial charge in [0.15, 0.2) is 0 Å². The Morgan fingerprint density at radius 1 is 1.44 bits per heavy atom. The molecule has 0 spiro atoms. The molecule has 0 saturated carbocycles. The van der Waals surface area contributed by atoms with Crippen LogP contribution in [0.2, 0.25) is 0 Å². The van der Waals surface area contributed by atoms with Crippen molar-refractivity contribution in [3.05, 3.63) is 50.3 Å². The Hall–Kier alpha value is -2.60. The molecule has 2 heterocycles. The fraction of sp³-hybridized carbons (Fsp3) is 0.389. The zero-order valence-electron chi connectivity index (χ0n) is 14.4. The maximum absolute atomic E-state index is 12.8. The van der Waals surface area contributed by atoms with Crippen molar-refractivity contribution in [3.8, 4) is 6.07 Å². The minimum absolute atomic E-state index is 0.390. The molecule has 2 aromatic heterocycles. The molecule has 0 aromatic carbocycles. The maximum atomic E-state index is 12.8. The molecule has 1 aliphatic rings. The summed E-state index contributed by atoms with van der Waals surface area (Å²) in [6.07, 6.45) is -1.43. The van der Waals surface area contributed by atoms with Crippen molar-refractivity contribution in [2.45, 2.75) is 38.9 Å². The molecule has 1 aliphatic carbocycles. The highest BCUT2D eigenvalue weighted by atomic mass is 32.1. The molecular weight excluding hydrogens is 379 g/mol. The zero-order valence-corrected chi connectivity index (χ0v) is 15.2. The number of pyridine rings is 1. The molecule has 5 nitrogen and oxygen atoms in total. The molecule has 3 rings (SSSR count). The van der Waals surface area contributed by atoms with E-state index >= 15 is 0 Å². The Kier molecular flexibility index (Phi) is 5.11. The molecule has 1 amide bonds. The van der Waals surface area contributed by atoms with Gasteiger partial charge in [-0.1, -0.05) is 6.92 Å². The third-order valence-corrected chi connectivity index (χ3v) is 5.67. The van der Waals surface area contributed by atoms with Crippen LogP contribution in [0.3, 0.4) is 0 Å². The standard InChI is InChI=1S/C18H16F3N3O2S/c1-10-2-4-12-13(7-22)17(27-14(12)6-10)23-15(25)9-24-8-11(18(19,20)21)3-5-16(24)26/h3,5,8,10H,2,4,6,9H2,1H3,(H,23,25)/t10-/m0/s1. The molecular formula is C18H16F3N3O2S. The Morgan fingerprint density at radius 2 is 2.19 bits per heavy atom. The summed E-state index contributed by atoms with van der Waals surface area (Å²) in [5, 5.41) is 12.4. The first-order valence-electron chi connectivity index (χ1n) is 8.31. The number of rotatable bonds is 3. The highest BCUT2D eigenvalue weighted by molar-refractivity contribution is 7.16. The Bertz CT molecular complexity index is 985. The van der Waals surface area contributed by atoms with E-state index in [-0.39, 0.29) is 0 Å². The van der Waals surface area contributed by atoms with Crippen molar-refractivity contribution in [1.82, 2.24) is 4.57 Å². The maximum Gasteiger partial charge on any atom is 0.417 e. The molecule has 0 bridgehead atoms. The van der Waals surface area contributed by atoms with Crippen molar-refractivity contribution in [3.63, 3.8) is 0 Å². The van der Waals surface area contributed by atoms with Crippen molar-refractivity contribution in [2.75, 3.05) is 5.32 Å². The van der Waals surface area contributed by atoms with E-state index in [0.717, 1.165) is 35.8 Å². The number of nitrogens with zero attached hydrogens (tertiary/aromatic N) is 2. The Balaban J connectivity index is 1.82. The predicted octanol–water partition coefficient (Wildman–Crippen LogP) is 3.56. The number of carbonyl (C=O) groups is 1. The van der Waals surface area contributed by atoms with Crippen LogP contribution in [0.5, 0.6) is 0 Å². The minimum atomic E-state index is -4.61. The van der Waals surface area contributed by atoms with Gasteiger partial charge in [0.1, 0.15) is 17.6 Å². The number of amides is 1. The molecule has 27 heavy (non-hydrogen) atoms. The van der Waals surface area contributed by atoms with E-state index < -0.39 is 29.8 Å². The number of hydrogen-bond donors (Lipinski definition) is 1. The van der Waals surface area contributed by atoms with Crippen molar-refractivity contribution >= 4 is 22.2 Å². The van der Waals surface area contributed by atoms with Crippen LogP contribution in [0.1, 0.15) is 34.9 Å². The van der Waals surface area contributed by atoms with Crippen LogP contribution < -0.4 is 10.9 Å². The fourth-order valence-electron chi connectivity index (χ4n) is 3.10. The van der Waals surface area contributed by atoms with Gasteiger partial charge in [0.05, 0.1) is 11.1 Å². The summed E-state index contributed by atoms with van der Waals surface area (Å²) in [5.74, 6) is -0.158. The number of nitrogens with one attached hydrogen (secondary N) is 1. The number of hydrogen-bond acceptors (Lipinski definition) is 4. The Labute approximate surface area is 157 Å². The lowest BCUT2D eigenvalue weighted by Crippen LogP contribution is -2.28. The van der Waals surface area contributed by atoms with Gasteiger partial charge in [0.2, 0.25) is 5.91 Å². The SMILES string of the molecule is C[C@H]1CCc2c(sc(NC(=O)Cn3cc(C(F)(F)F)ccc3=O)c2C#N)C1. The van der Waals surface area contributed by atoms with Crippen LogP contribution in [0.4, 0.5) is 18.2 Å². The van der Waals surface area contributed by atoms with E-state index in [2.05, 4.69) is 18.3 Å². The van der Waals surface area contributed by atoms with Gasteiger partial charge < -0.3 is 9.88 Å². The van der Waals surface area contributed by atoms with Crippen LogP contribution in [-0.2, 0) is 30.4 Å². The monoisotopic (exact) mass is 395 g/mol. The fourth-order valence-corrected chi connectivity index (χ4v) is 4.48. The number of aromatic nitrogens is 1. The number of anilines is 1. The first kappa shape index (κ1) is 19.2. The highest BCUT2D eigenvalue weighted by Crippen LogP contribution is 2.39. The lowest BCUT2D eigenvalue weighted by molar-refractivity contribution is -0.138. The first-order chi connectivity index (χ1) is 12.7. The number of carbonyl (C=O) groups excluding carboxylic acids is 1. The van der Waals surface area contributed by atoms with Crippen LogP contribution in [-0.4, -0.2) is 10.5 Å². The first-order valence-corrected chi connectivity index (χ1v) is 9.13. The van der Waals surface area contributed by atoms with E-state index in [4.69, 9.17) is 0 Å². The lowest BCUT2D eigenvalue weighted by atomic mass is 9.89. The summed E-state index contributed by atoms with van der Waals surface area (Å²) in [7, 11) is 0. The van der Waals surface area contributed by atoms with Crippen LogP contribution in [0, 0.1) is 17.2 Å². The topological polar surface area (TPSA) is 74.9 Å². The summed E-state index contributed by atoms with van der Waals surface area (Å²) >= 11 is 1.32. The average Bonchev–Trinajstić information content (AvgIpc) is 2.91. The van der Waals surface area contributed by atoms with Crippen LogP contribution >= 0.6 is 11.3 Å². The second kappa shape index (κ2) is 7.19. The third-order valence-electron chi connectivity index (χ3n) is 4.50. The number of nitriles is 1. The number of thiophene rings is 1. The van der Waals surface area contributed by atoms with Gasteiger partial charge in [-0.3, -0.25) is 9.59 Å². The highest BCUT2D eigenvalue weighted by Gasteiger charge is 2.31. The second-order valence-electron chi connectivity index (χ2n) is 6.60. The van der Waals surface area contributed by atoms with Crippen molar-refractivity contribution in [2.24, 2.45) is 5.92 Å². The molecule has 1 N–H and O–H groups in total. The van der Waals surface area contributed by atoms with Gasteiger partial charge >= 0.3 is 6.18 Å². The average molecular weight is 395 g/mol. The minimum Gasteiger partial charge on any atom is -0.315 e. The van der Waals surface area contributed by atoms with Gasteiger partial charge in [-0.05, 0) is 36.8 Å². The van der Waals surface area contributed by atoms with E-state index in [0.29, 0.717) is 33.3 Å². The zero-order chi connectivity index (χ0) is 19.8. The van der Waals surface area contributed by atoms with Crippen molar-refractivity contribution in [1.29, 1.82) is 5.26 Å². The summed E-state index contributed by atoms with van der Waals surface area (Å²) < 4.78 is 39.1. The van der Waals surface area contributed by atoms with Crippen LogP contribution in [0.25, 0.3) is 0 Å². The van der Waals surface area contributed by atoms with E-state index in [1.54, 1.807) is 0 Å². The quantitative estimate of drug-likeness (QED) is 0.864. The molecule has 0 fully saturated rings. The number of fused-ring (bicyclic) bond motifs is 1. The summed E-state index contributed by atoms with van der Waals surface area (Å²) in [4.78, 5) is 25.1. The summed E-state index contributed by atoms with van der Waals surface area (Å²) in [6.45, 7) is 1.56. The molecule has 2 aromatic rings. The molecule has 0 saturated heterocycles. The summed E-state index contributed by atoms with van der Waals surface area (Å²) in [5.41, 5.74) is -0.370. The van der Waals surface area contributed by atoms with Gasteiger partial charge in [-0.2, -0.15) is 18.4 Å². The number of halogens is 3. The molecule has 0 radical (unpaired) electrons. The van der Waals surface area contributed by atoms with Gasteiger partial charge in [0, 0.05) is 17.1 Å². The predicted molar refractivity (Wildman–Crippen MR) is 94.6 cm³/mol. The van der Waals surface area contributed by atoms with E-state index in [1.165, 1.54) is 11.3 Å². The van der Waals surface area contributed by atoms with Gasteiger partial charge in [-0.15, -0.1) is 11.3 Å². The normalized spacial score (nSPS) is 16.5. The molecule has 9 heteroatoms. The van der Waals surface area contributed by atoms with Crippen LogP contribution in [0.15, 0.2) is 23.1 Å². The molecule has 142 valence electrons. The summed E-state index contributed by atoms with van der Waals surface area (Å²) in [6, 6.07) is 3.57. The molecule has 0 aliphatic heterocycles. The second-order valence-corrected chi connectivity index (χ2v) is 7.70. The molecule has 1 atom stereocenters. The van der Waals surface area contributed by atoms with E-state index in [1.807, 2.05) is 0 Å².